The molecule has 3 rings (SSSR count). The number of carbonyl (C=O) groups is 1. The predicted octanol–water partition coefficient (Wildman–Crippen LogP) is 5.48. The van der Waals surface area contributed by atoms with Crippen LogP contribution in [-0.4, -0.2) is 12.6 Å². The van der Waals surface area contributed by atoms with Crippen LogP contribution in [0.4, 0.5) is 0 Å². The van der Waals surface area contributed by atoms with Crippen molar-refractivity contribution in [2.45, 2.75) is 11.8 Å². The summed E-state index contributed by atoms with van der Waals surface area (Å²) in [6, 6.07) is 12.0. The van der Waals surface area contributed by atoms with Crippen LogP contribution in [0.15, 0.2) is 41.3 Å². The van der Waals surface area contributed by atoms with E-state index >= 15 is 0 Å². The van der Waals surface area contributed by atoms with E-state index < -0.39 is 0 Å². The molecule has 3 aromatic rings. The smallest absolute Gasteiger partial charge is 0.348 e. The van der Waals surface area contributed by atoms with Crippen LogP contribution in [0.25, 0.3) is 20.9 Å². The Morgan fingerprint density at radius 2 is 2.05 bits per heavy atom. The lowest BCUT2D eigenvalue weighted by Crippen LogP contribution is -2.01. The van der Waals surface area contributed by atoms with Gasteiger partial charge in [-0.1, -0.05) is 24.3 Å². The van der Waals surface area contributed by atoms with Crippen molar-refractivity contribution in [3.05, 3.63) is 41.3 Å². The van der Waals surface area contributed by atoms with Gasteiger partial charge in [-0.2, -0.15) is 0 Å². The number of carbonyl (C=O) groups excluding carboxylic acids is 1. The molecular weight excluding hydrogens is 312 g/mol. The van der Waals surface area contributed by atoms with Crippen molar-refractivity contribution in [2.24, 2.45) is 0 Å². The van der Waals surface area contributed by atoms with Gasteiger partial charge in [-0.05, 0) is 51.5 Å². The van der Waals surface area contributed by atoms with Crippen LogP contribution < -0.4 is 0 Å². The van der Waals surface area contributed by atoms with Crippen molar-refractivity contribution in [1.29, 1.82) is 0 Å². The lowest BCUT2D eigenvalue weighted by Gasteiger charge is -2.03. The van der Waals surface area contributed by atoms with Crippen molar-refractivity contribution < 1.29 is 9.53 Å². The molecule has 0 saturated heterocycles. The summed E-state index contributed by atoms with van der Waals surface area (Å²) in [5, 5.41) is 3.26. The number of hydrogen-bond donors (Lipinski definition) is 0. The Morgan fingerprint density at radius 3 is 2.75 bits per heavy atom. The van der Waals surface area contributed by atoms with E-state index in [9.17, 15) is 4.79 Å². The fourth-order valence-corrected chi connectivity index (χ4v) is 4.09. The minimum Gasteiger partial charge on any atom is -0.462 e. The van der Waals surface area contributed by atoms with E-state index in [1.807, 2.05) is 37.3 Å². The molecule has 0 radical (unpaired) electrons. The normalized spacial score (nSPS) is 11.1. The maximum absolute atomic E-state index is 11.9. The van der Waals surface area contributed by atoms with Crippen LogP contribution in [0.5, 0.6) is 0 Å². The Kier molecular flexibility index (Phi) is 3.87. The molecule has 0 bridgehead atoms. The SMILES string of the molecule is CCOC(=O)c1cc2cc(SCl)c3ccccc3c2s1. The molecule has 0 amide bonds. The highest BCUT2D eigenvalue weighted by atomic mass is 35.7. The number of ether oxygens (including phenoxy) is 1. The van der Waals surface area contributed by atoms with Crippen LogP contribution in [0.3, 0.4) is 0 Å². The maximum atomic E-state index is 11.9. The van der Waals surface area contributed by atoms with Gasteiger partial charge in [0.2, 0.25) is 0 Å². The molecule has 5 heteroatoms. The summed E-state index contributed by atoms with van der Waals surface area (Å²) < 4.78 is 6.16. The second-order valence-corrected chi connectivity index (χ2v) is 6.36. The van der Waals surface area contributed by atoms with E-state index in [1.165, 1.54) is 22.3 Å². The van der Waals surface area contributed by atoms with Gasteiger partial charge >= 0.3 is 5.97 Å². The van der Waals surface area contributed by atoms with Gasteiger partial charge in [-0.3, -0.25) is 0 Å². The number of benzene rings is 2. The quantitative estimate of drug-likeness (QED) is 0.597. The van der Waals surface area contributed by atoms with Gasteiger partial charge in [0.1, 0.15) is 4.88 Å². The molecule has 0 unspecified atom stereocenters. The number of rotatable bonds is 3. The monoisotopic (exact) mass is 322 g/mol. The molecule has 0 aliphatic rings. The topological polar surface area (TPSA) is 26.3 Å². The molecule has 0 aliphatic carbocycles. The number of hydrogen-bond acceptors (Lipinski definition) is 4. The zero-order chi connectivity index (χ0) is 14.1. The molecule has 1 heterocycles. The van der Waals surface area contributed by atoms with E-state index in [2.05, 4.69) is 6.07 Å². The third-order valence-electron chi connectivity index (χ3n) is 3.04. The first-order valence-corrected chi connectivity index (χ1v) is 8.61. The van der Waals surface area contributed by atoms with Crippen LogP contribution in [0.2, 0.25) is 0 Å². The first-order valence-electron chi connectivity index (χ1n) is 6.15. The zero-order valence-corrected chi connectivity index (χ0v) is 13.1. The Morgan fingerprint density at radius 1 is 1.30 bits per heavy atom. The molecule has 0 aliphatic heterocycles. The summed E-state index contributed by atoms with van der Waals surface area (Å²) in [4.78, 5) is 13.5. The Hall–Kier alpha value is -1.23. The molecule has 0 atom stereocenters. The van der Waals surface area contributed by atoms with Gasteiger partial charge in [0.15, 0.2) is 0 Å². The first kappa shape index (κ1) is 13.7. The minimum atomic E-state index is -0.266. The van der Waals surface area contributed by atoms with Gasteiger partial charge < -0.3 is 4.74 Å². The summed E-state index contributed by atoms with van der Waals surface area (Å²) in [5.74, 6) is -0.266. The third kappa shape index (κ3) is 2.28. The maximum Gasteiger partial charge on any atom is 0.348 e. The zero-order valence-electron chi connectivity index (χ0n) is 10.7. The van der Waals surface area contributed by atoms with Gasteiger partial charge in [-0.25, -0.2) is 4.79 Å². The number of thiophene rings is 1. The minimum absolute atomic E-state index is 0.266. The van der Waals surface area contributed by atoms with Crippen LogP contribution >= 0.6 is 33.0 Å². The second-order valence-electron chi connectivity index (χ2n) is 4.25. The van der Waals surface area contributed by atoms with Gasteiger partial charge in [0.25, 0.3) is 0 Å². The van der Waals surface area contributed by atoms with Crippen molar-refractivity contribution in [3.8, 4) is 0 Å². The average molecular weight is 323 g/mol. The van der Waals surface area contributed by atoms with E-state index in [0.717, 1.165) is 25.8 Å². The Labute approximate surface area is 129 Å². The predicted molar refractivity (Wildman–Crippen MR) is 87.0 cm³/mol. The average Bonchev–Trinajstić information content (AvgIpc) is 2.91. The van der Waals surface area contributed by atoms with Gasteiger partial charge in [0.05, 0.1) is 6.61 Å². The molecule has 0 N–H and O–H groups in total. The largest absolute Gasteiger partial charge is 0.462 e. The number of fused-ring (bicyclic) bond motifs is 3. The summed E-state index contributed by atoms with van der Waals surface area (Å²) >= 11 is 1.47. The fourth-order valence-electron chi connectivity index (χ4n) is 2.20. The first-order chi connectivity index (χ1) is 9.74. The standard InChI is InChI=1S/C15H11ClO2S2/c1-2-18-15(17)13-8-9-7-12(20-16)10-5-3-4-6-11(10)14(9)19-13/h3-8H,2H2,1H3. The van der Waals surface area contributed by atoms with Crippen molar-refractivity contribution in [2.75, 3.05) is 6.61 Å². The van der Waals surface area contributed by atoms with Crippen molar-refractivity contribution in [3.63, 3.8) is 0 Å². The van der Waals surface area contributed by atoms with E-state index in [0.29, 0.717) is 11.5 Å². The molecule has 1 aromatic heterocycles. The summed E-state index contributed by atoms with van der Waals surface area (Å²) in [6.45, 7) is 2.19. The van der Waals surface area contributed by atoms with Crippen molar-refractivity contribution >= 4 is 59.8 Å². The molecule has 2 aromatic carbocycles. The summed E-state index contributed by atoms with van der Waals surface area (Å²) in [6.07, 6.45) is 0. The second kappa shape index (κ2) is 5.64. The molecule has 0 saturated carbocycles. The Balaban J connectivity index is 2.28. The van der Waals surface area contributed by atoms with Crippen molar-refractivity contribution in [1.82, 2.24) is 0 Å². The van der Waals surface area contributed by atoms with Crippen LogP contribution in [0.1, 0.15) is 16.6 Å². The number of halogens is 1. The molecular formula is C15H11ClO2S2. The van der Waals surface area contributed by atoms with Crippen LogP contribution in [-0.2, 0) is 4.74 Å². The number of esters is 1. The lowest BCUT2D eigenvalue weighted by atomic mass is 10.1. The Bertz CT molecular complexity index is 795. The van der Waals surface area contributed by atoms with Crippen LogP contribution in [0, 0.1) is 0 Å². The highest BCUT2D eigenvalue weighted by Gasteiger charge is 2.14. The summed E-state index contributed by atoms with van der Waals surface area (Å²) in [5.41, 5.74) is 0. The molecule has 102 valence electrons. The van der Waals surface area contributed by atoms with Gasteiger partial charge in [-0.15, -0.1) is 11.3 Å². The van der Waals surface area contributed by atoms with Gasteiger partial charge in [0, 0.05) is 15.0 Å². The fraction of sp³-hybridized carbons (Fsp3) is 0.133. The molecule has 0 fully saturated rings. The summed E-state index contributed by atoms with van der Waals surface area (Å²) in [7, 11) is 7.16. The highest BCUT2D eigenvalue weighted by Crippen LogP contribution is 2.39. The molecule has 0 spiro atoms. The lowest BCUT2D eigenvalue weighted by molar-refractivity contribution is 0.0532. The van der Waals surface area contributed by atoms with E-state index in [4.69, 9.17) is 15.4 Å². The van der Waals surface area contributed by atoms with E-state index in [1.54, 1.807) is 0 Å². The molecule has 20 heavy (non-hydrogen) atoms. The third-order valence-corrected chi connectivity index (χ3v) is 5.21. The highest BCUT2D eigenvalue weighted by molar-refractivity contribution is 8.21. The van der Waals surface area contributed by atoms with E-state index in [-0.39, 0.29) is 5.97 Å². The molecule has 2 nitrogen and oxygen atoms in total.